The van der Waals surface area contributed by atoms with E-state index in [1.54, 1.807) is 25.1 Å². The van der Waals surface area contributed by atoms with Crippen molar-refractivity contribution >= 4 is 17.3 Å². The largest absolute Gasteiger partial charge is 0.465 e. The number of nitrogen functional groups attached to an aromatic ring is 1. The first-order chi connectivity index (χ1) is 9.60. The Hall–Kier alpha value is -2.43. The average Bonchev–Trinajstić information content (AvgIpc) is 2.84. The van der Waals surface area contributed by atoms with E-state index < -0.39 is 0 Å². The van der Waals surface area contributed by atoms with Crippen LogP contribution in [0.25, 0.3) is 0 Å². The molecule has 1 aromatic heterocycles. The zero-order valence-corrected chi connectivity index (χ0v) is 11.6. The Kier molecular flexibility index (Phi) is 4.30. The Morgan fingerprint density at radius 2 is 2.15 bits per heavy atom. The summed E-state index contributed by atoms with van der Waals surface area (Å²) in [6, 6.07) is 8.81. The minimum absolute atomic E-state index is 0.345. The molecule has 0 bridgehead atoms. The molecule has 0 spiro atoms. The summed E-state index contributed by atoms with van der Waals surface area (Å²) in [4.78, 5) is 11.7. The standard InChI is InChI=1S/C15H18N2O3/c1-3-19-15(18)11-5-7-13(16)14(8-11)17-9-12-6-4-10(2)20-12/h4-8,17H,3,9,16H2,1-2H3. The molecule has 1 aromatic carbocycles. The number of esters is 1. The number of hydrogen-bond acceptors (Lipinski definition) is 5. The maximum Gasteiger partial charge on any atom is 0.338 e. The van der Waals surface area contributed by atoms with Gasteiger partial charge in [0, 0.05) is 0 Å². The van der Waals surface area contributed by atoms with Gasteiger partial charge in [-0.1, -0.05) is 0 Å². The van der Waals surface area contributed by atoms with Gasteiger partial charge < -0.3 is 20.2 Å². The van der Waals surface area contributed by atoms with E-state index in [4.69, 9.17) is 14.9 Å². The highest BCUT2D eigenvalue weighted by molar-refractivity contribution is 5.92. The fraction of sp³-hybridized carbons (Fsp3) is 0.267. The van der Waals surface area contributed by atoms with Crippen molar-refractivity contribution in [2.45, 2.75) is 20.4 Å². The molecule has 5 nitrogen and oxygen atoms in total. The molecule has 0 saturated heterocycles. The van der Waals surface area contributed by atoms with Gasteiger partial charge in [0.15, 0.2) is 0 Å². The molecule has 0 aliphatic rings. The van der Waals surface area contributed by atoms with Crippen molar-refractivity contribution in [3.8, 4) is 0 Å². The van der Waals surface area contributed by atoms with Crippen molar-refractivity contribution < 1.29 is 13.9 Å². The van der Waals surface area contributed by atoms with Gasteiger partial charge in [-0.3, -0.25) is 0 Å². The Balaban J connectivity index is 2.10. The van der Waals surface area contributed by atoms with E-state index in [0.29, 0.717) is 30.1 Å². The van der Waals surface area contributed by atoms with Gasteiger partial charge in [0.1, 0.15) is 11.5 Å². The zero-order chi connectivity index (χ0) is 14.5. The number of nitrogens with two attached hydrogens (primary N) is 1. The third kappa shape index (κ3) is 3.32. The average molecular weight is 274 g/mol. The second-order valence-electron chi connectivity index (χ2n) is 4.39. The Morgan fingerprint density at radius 1 is 1.35 bits per heavy atom. The second kappa shape index (κ2) is 6.14. The smallest absolute Gasteiger partial charge is 0.338 e. The van der Waals surface area contributed by atoms with Gasteiger partial charge in [-0.15, -0.1) is 0 Å². The number of nitrogens with one attached hydrogen (secondary N) is 1. The number of carbonyl (C=O) groups is 1. The molecular formula is C15H18N2O3. The number of rotatable bonds is 5. The summed E-state index contributed by atoms with van der Waals surface area (Å²) in [6.45, 7) is 4.51. The summed E-state index contributed by atoms with van der Waals surface area (Å²) < 4.78 is 10.4. The molecule has 5 heteroatoms. The van der Waals surface area contributed by atoms with Gasteiger partial charge in [0.05, 0.1) is 30.1 Å². The number of carbonyl (C=O) groups excluding carboxylic acids is 1. The van der Waals surface area contributed by atoms with Crippen molar-refractivity contribution in [2.75, 3.05) is 17.7 Å². The lowest BCUT2D eigenvalue weighted by atomic mass is 10.1. The van der Waals surface area contributed by atoms with Gasteiger partial charge in [-0.2, -0.15) is 0 Å². The first-order valence-electron chi connectivity index (χ1n) is 6.46. The predicted octanol–water partition coefficient (Wildman–Crippen LogP) is 2.96. The molecule has 106 valence electrons. The summed E-state index contributed by atoms with van der Waals surface area (Å²) in [6.07, 6.45) is 0. The van der Waals surface area contributed by atoms with E-state index >= 15 is 0 Å². The van der Waals surface area contributed by atoms with Gasteiger partial charge >= 0.3 is 5.97 Å². The zero-order valence-electron chi connectivity index (χ0n) is 11.6. The summed E-state index contributed by atoms with van der Waals surface area (Å²) in [7, 11) is 0. The number of aryl methyl sites for hydroxylation is 1. The highest BCUT2D eigenvalue weighted by atomic mass is 16.5. The number of benzene rings is 1. The third-order valence-electron chi connectivity index (χ3n) is 2.81. The van der Waals surface area contributed by atoms with Crippen molar-refractivity contribution in [2.24, 2.45) is 0 Å². The van der Waals surface area contributed by atoms with Crippen LogP contribution < -0.4 is 11.1 Å². The van der Waals surface area contributed by atoms with Gasteiger partial charge in [0.2, 0.25) is 0 Å². The van der Waals surface area contributed by atoms with E-state index in [-0.39, 0.29) is 5.97 Å². The minimum atomic E-state index is -0.357. The summed E-state index contributed by atoms with van der Waals surface area (Å²) >= 11 is 0. The molecule has 1 heterocycles. The number of ether oxygens (including phenoxy) is 1. The molecule has 2 rings (SSSR count). The van der Waals surface area contributed by atoms with Crippen molar-refractivity contribution in [3.63, 3.8) is 0 Å². The molecule has 0 atom stereocenters. The van der Waals surface area contributed by atoms with Crippen LogP contribution in [0.2, 0.25) is 0 Å². The van der Waals surface area contributed by atoms with Crippen LogP contribution in [0.1, 0.15) is 28.8 Å². The van der Waals surface area contributed by atoms with E-state index in [2.05, 4.69) is 5.32 Å². The van der Waals surface area contributed by atoms with E-state index in [9.17, 15) is 4.79 Å². The maximum absolute atomic E-state index is 11.7. The Morgan fingerprint density at radius 3 is 2.80 bits per heavy atom. The van der Waals surface area contributed by atoms with Crippen LogP contribution in [-0.2, 0) is 11.3 Å². The molecule has 0 saturated carbocycles. The lowest BCUT2D eigenvalue weighted by Crippen LogP contribution is -2.07. The van der Waals surface area contributed by atoms with Crippen molar-refractivity contribution in [1.29, 1.82) is 0 Å². The molecule has 0 fully saturated rings. The van der Waals surface area contributed by atoms with Crippen LogP contribution in [0.4, 0.5) is 11.4 Å². The molecule has 0 amide bonds. The monoisotopic (exact) mass is 274 g/mol. The molecule has 0 aliphatic carbocycles. The quantitative estimate of drug-likeness (QED) is 0.647. The SMILES string of the molecule is CCOC(=O)c1ccc(N)c(NCc2ccc(C)o2)c1. The summed E-state index contributed by atoms with van der Waals surface area (Å²) in [5, 5.41) is 3.15. The highest BCUT2D eigenvalue weighted by Gasteiger charge is 2.09. The van der Waals surface area contributed by atoms with Gasteiger partial charge in [-0.05, 0) is 44.2 Å². The van der Waals surface area contributed by atoms with Crippen LogP contribution in [0.5, 0.6) is 0 Å². The topological polar surface area (TPSA) is 77.5 Å². The third-order valence-corrected chi connectivity index (χ3v) is 2.81. The molecule has 3 N–H and O–H groups in total. The summed E-state index contributed by atoms with van der Waals surface area (Å²) in [5.74, 6) is 1.31. The summed E-state index contributed by atoms with van der Waals surface area (Å²) in [5.41, 5.74) is 7.61. The molecule has 0 unspecified atom stereocenters. The number of hydrogen-bond donors (Lipinski definition) is 2. The van der Waals surface area contributed by atoms with Crippen molar-refractivity contribution in [3.05, 3.63) is 47.4 Å². The van der Waals surface area contributed by atoms with E-state index in [1.807, 2.05) is 19.1 Å². The molecular weight excluding hydrogens is 256 g/mol. The molecule has 20 heavy (non-hydrogen) atoms. The molecule has 0 radical (unpaired) electrons. The maximum atomic E-state index is 11.7. The number of furan rings is 1. The first-order valence-corrected chi connectivity index (χ1v) is 6.46. The fourth-order valence-corrected chi connectivity index (χ4v) is 1.81. The predicted molar refractivity (Wildman–Crippen MR) is 77.6 cm³/mol. The van der Waals surface area contributed by atoms with Crippen LogP contribution in [0, 0.1) is 6.92 Å². The van der Waals surface area contributed by atoms with Crippen LogP contribution >= 0.6 is 0 Å². The lowest BCUT2D eigenvalue weighted by Gasteiger charge is -2.10. The van der Waals surface area contributed by atoms with Crippen molar-refractivity contribution in [1.82, 2.24) is 0 Å². The minimum Gasteiger partial charge on any atom is -0.465 e. The normalized spacial score (nSPS) is 10.3. The molecule has 0 aliphatic heterocycles. The van der Waals surface area contributed by atoms with Crippen LogP contribution in [0.15, 0.2) is 34.7 Å². The fourth-order valence-electron chi connectivity index (χ4n) is 1.81. The molecule has 2 aromatic rings. The second-order valence-corrected chi connectivity index (χ2v) is 4.39. The van der Waals surface area contributed by atoms with Crippen LogP contribution in [-0.4, -0.2) is 12.6 Å². The lowest BCUT2D eigenvalue weighted by molar-refractivity contribution is 0.0526. The number of anilines is 2. The van der Waals surface area contributed by atoms with E-state index in [1.165, 1.54) is 0 Å². The van der Waals surface area contributed by atoms with Crippen LogP contribution in [0.3, 0.4) is 0 Å². The Bertz CT molecular complexity index is 605. The highest BCUT2D eigenvalue weighted by Crippen LogP contribution is 2.21. The first kappa shape index (κ1) is 14.0. The van der Waals surface area contributed by atoms with Gasteiger partial charge in [-0.25, -0.2) is 4.79 Å². The Labute approximate surface area is 117 Å². The van der Waals surface area contributed by atoms with Gasteiger partial charge in [0.25, 0.3) is 0 Å². The van der Waals surface area contributed by atoms with E-state index in [0.717, 1.165) is 11.5 Å².